The number of rotatable bonds is 7. The first-order valence-electron chi connectivity index (χ1n) is 9.94. The first-order valence-corrected chi connectivity index (χ1v) is 9.94. The second-order valence-corrected chi connectivity index (χ2v) is 8.05. The Kier molecular flexibility index (Phi) is 6.26. The highest BCUT2D eigenvalue weighted by Gasteiger charge is 2.47. The van der Waals surface area contributed by atoms with Crippen LogP contribution < -0.4 is 10.2 Å². The van der Waals surface area contributed by atoms with Crippen LogP contribution in [-0.2, 0) is 27.5 Å². The Morgan fingerprint density at radius 1 is 1.04 bits per heavy atom. The highest BCUT2D eigenvalue weighted by atomic mass is 16.2. The van der Waals surface area contributed by atoms with Crippen molar-refractivity contribution in [2.45, 2.75) is 45.2 Å². The third-order valence-corrected chi connectivity index (χ3v) is 5.57. The Balaban J connectivity index is 1.44. The summed E-state index contributed by atoms with van der Waals surface area (Å²) >= 11 is 0. The molecule has 3 rings (SSSR count). The number of imide groups is 1. The quantitative estimate of drug-likeness (QED) is 0.686. The van der Waals surface area contributed by atoms with Crippen LogP contribution >= 0.6 is 0 Å². The summed E-state index contributed by atoms with van der Waals surface area (Å²) in [4.78, 5) is 39.7. The van der Waals surface area contributed by atoms with Gasteiger partial charge in [0.2, 0.25) is 17.7 Å². The molecular weight excluding hydrogens is 342 g/mol. The number of carbonyl (C=O) groups is 3. The predicted octanol–water partition coefficient (Wildman–Crippen LogP) is 0.513. The van der Waals surface area contributed by atoms with Crippen molar-refractivity contribution in [1.29, 1.82) is 0 Å². The molecule has 0 spiro atoms. The fourth-order valence-electron chi connectivity index (χ4n) is 4.14. The highest BCUT2D eigenvalue weighted by molar-refractivity contribution is 6.05. The third kappa shape index (κ3) is 4.75. The van der Waals surface area contributed by atoms with Crippen LogP contribution in [0.3, 0.4) is 0 Å². The van der Waals surface area contributed by atoms with Gasteiger partial charge in [-0.1, -0.05) is 37.1 Å². The zero-order chi connectivity index (χ0) is 19.4. The molecule has 0 unspecified atom stereocenters. The van der Waals surface area contributed by atoms with Crippen molar-refractivity contribution in [2.24, 2.45) is 11.8 Å². The van der Waals surface area contributed by atoms with Gasteiger partial charge in [0.25, 0.3) is 0 Å². The largest absolute Gasteiger partial charge is 0.352 e. The van der Waals surface area contributed by atoms with E-state index in [0.717, 1.165) is 37.8 Å². The van der Waals surface area contributed by atoms with Gasteiger partial charge in [-0.15, -0.1) is 0 Å². The van der Waals surface area contributed by atoms with Gasteiger partial charge in [0, 0.05) is 25.1 Å². The van der Waals surface area contributed by atoms with E-state index < -0.39 is 0 Å². The van der Waals surface area contributed by atoms with Crippen LogP contribution in [0.25, 0.3) is 0 Å². The SMILES string of the molecule is C[NH+](C)Cc1ccc(CNC(=O)CCN2C(=O)[C@H]3CCCC[C@@H]3C2=O)cc1. The summed E-state index contributed by atoms with van der Waals surface area (Å²) in [7, 11) is 4.22. The highest BCUT2D eigenvalue weighted by Crippen LogP contribution is 2.37. The van der Waals surface area contributed by atoms with E-state index in [4.69, 9.17) is 0 Å². The average molecular weight is 372 g/mol. The van der Waals surface area contributed by atoms with Crippen LogP contribution in [0.4, 0.5) is 0 Å². The van der Waals surface area contributed by atoms with Gasteiger partial charge in [0.1, 0.15) is 6.54 Å². The van der Waals surface area contributed by atoms with Crippen molar-refractivity contribution in [3.63, 3.8) is 0 Å². The first kappa shape index (κ1) is 19.5. The second-order valence-electron chi connectivity index (χ2n) is 8.05. The van der Waals surface area contributed by atoms with E-state index in [1.807, 2.05) is 12.1 Å². The molecule has 1 saturated carbocycles. The van der Waals surface area contributed by atoms with E-state index in [1.165, 1.54) is 15.4 Å². The molecule has 2 N–H and O–H groups in total. The number of hydrogen-bond donors (Lipinski definition) is 2. The van der Waals surface area contributed by atoms with E-state index in [9.17, 15) is 14.4 Å². The number of amides is 3. The van der Waals surface area contributed by atoms with E-state index in [-0.39, 0.29) is 42.5 Å². The Bertz CT molecular complexity index is 675. The summed E-state index contributed by atoms with van der Waals surface area (Å²) in [6, 6.07) is 8.21. The van der Waals surface area contributed by atoms with Crippen LogP contribution in [-0.4, -0.2) is 43.3 Å². The standard InChI is InChI=1S/C21H29N3O3/c1-23(2)14-16-9-7-15(8-10-16)13-22-19(25)11-12-24-20(26)17-5-3-4-6-18(17)21(24)27/h7-10,17-18H,3-6,11-14H2,1-2H3,(H,22,25)/p+1/t17-,18-/m0/s1. The van der Waals surface area contributed by atoms with Gasteiger partial charge in [-0.2, -0.15) is 0 Å². The van der Waals surface area contributed by atoms with Crippen molar-refractivity contribution in [3.05, 3.63) is 35.4 Å². The molecule has 0 aromatic heterocycles. The fraction of sp³-hybridized carbons (Fsp3) is 0.571. The lowest BCUT2D eigenvalue weighted by Gasteiger charge is -2.19. The molecule has 0 radical (unpaired) electrons. The minimum atomic E-state index is -0.142. The molecule has 6 heteroatoms. The molecule has 146 valence electrons. The minimum Gasteiger partial charge on any atom is -0.352 e. The Labute approximate surface area is 160 Å². The molecule has 2 aliphatic rings. The predicted molar refractivity (Wildman–Crippen MR) is 102 cm³/mol. The van der Waals surface area contributed by atoms with Gasteiger partial charge in [0.05, 0.1) is 25.9 Å². The van der Waals surface area contributed by atoms with Gasteiger partial charge in [0.15, 0.2) is 0 Å². The maximum Gasteiger partial charge on any atom is 0.233 e. The molecule has 1 aliphatic heterocycles. The van der Waals surface area contributed by atoms with Crippen molar-refractivity contribution >= 4 is 17.7 Å². The van der Waals surface area contributed by atoms with Gasteiger partial charge < -0.3 is 10.2 Å². The molecule has 0 bridgehead atoms. The molecule has 1 aliphatic carbocycles. The van der Waals surface area contributed by atoms with Crippen molar-refractivity contribution < 1.29 is 19.3 Å². The number of likely N-dealkylation sites (tertiary alicyclic amines) is 1. The van der Waals surface area contributed by atoms with Crippen LogP contribution in [0.2, 0.25) is 0 Å². The summed E-state index contributed by atoms with van der Waals surface area (Å²) in [5.74, 6) is -0.562. The smallest absolute Gasteiger partial charge is 0.233 e. The molecule has 1 heterocycles. The van der Waals surface area contributed by atoms with Gasteiger partial charge in [-0.25, -0.2) is 0 Å². The van der Waals surface area contributed by atoms with Crippen LogP contribution in [0.5, 0.6) is 0 Å². The lowest BCUT2D eigenvalue weighted by molar-refractivity contribution is -0.872. The minimum absolute atomic E-state index is 0.0730. The van der Waals surface area contributed by atoms with E-state index in [0.29, 0.717) is 6.54 Å². The molecule has 2 fully saturated rings. The fourth-order valence-corrected chi connectivity index (χ4v) is 4.14. The average Bonchev–Trinajstić information content (AvgIpc) is 2.90. The first-order chi connectivity index (χ1) is 13.0. The Morgan fingerprint density at radius 2 is 1.59 bits per heavy atom. The second kappa shape index (κ2) is 8.65. The molecule has 6 nitrogen and oxygen atoms in total. The van der Waals surface area contributed by atoms with Gasteiger partial charge >= 0.3 is 0 Å². The van der Waals surface area contributed by atoms with Crippen molar-refractivity contribution in [2.75, 3.05) is 20.6 Å². The summed E-state index contributed by atoms with van der Waals surface area (Å²) < 4.78 is 0. The zero-order valence-corrected chi connectivity index (χ0v) is 16.3. The molecule has 1 aromatic carbocycles. The maximum atomic E-state index is 12.4. The topological polar surface area (TPSA) is 70.9 Å². The number of fused-ring (bicyclic) bond motifs is 1. The maximum absolute atomic E-state index is 12.4. The third-order valence-electron chi connectivity index (χ3n) is 5.57. The van der Waals surface area contributed by atoms with E-state index in [1.54, 1.807) is 0 Å². The number of hydrogen-bond acceptors (Lipinski definition) is 3. The van der Waals surface area contributed by atoms with Crippen LogP contribution in [0.15, 0.2) is 24.3 Å². The summed E-state index contributed by atoms with van der Waals surface area (Å²) in [6.07, 6.45) is 3.82. The van der Waals surface area contributed by atoms with Crippen LogP contribution in [0, 0.1) is 11.8 Å². The molecule has 1 aromatic rings. The zero-order valence-electron chi connectivity index (χ0n) is 16.3. The number of nitrogens with zero attached hydrogens (tertiary/aromatic N) is 1. The Morgan fingerprint density at radius 3 is 2.15 bits per heavy atom. The number of carbonyl (C=O) groups excluding carboxylic acids is 3. The molecule has 3 amide bonds. The number of nitrogens with one attached hydrogen (secondary N) is 2. The summed E-state index contributed by atoms with van der Waals surface area (Å²) in [5.41, 5.74) is 2.30. The van der Waals surface area contributed by atoms with Crippen molar-refractivity contribution in [1.82, 2.24) is 10.2 Å². The number of benzene rings is 1. The van der Waals surface area contributed by atoms with Gasteiger partial charge in [-0.05, 0) is 18.4 Å². The lowest BCUT2D eigenvalue weighted by atomic mass is 9.81. The molecule has 2 atom stereocenters. The van der Waals surface area contributed by atoms with E-state index >= 15 is 0 Å². The normalized spacial score (nSPS) is 22.3. The lowest BCUT2D eigenvalue weighted by Crippen LogP contribution is -3.04. The molecule has 1 saturated heterocycles. The van der Waals surface area contributed by atoms with Crippen LogP contribution in [0.1, 0.15) is 43.2 Å². The van der Waals surface area contributed by atoms with E-state index in [2.05, 4.69) is 31.5 Å². The Hall–Kier alpha value is -2.21. The number of quaternary nitrogens is 1. The summed E-state index contributed by atoms with van der Waals surface area (Å²) in [5, 5.41) is 2.88. The monoisotopic (exact) mass is 372 g/mol. The molecular formula is C21H30N3O3+. The molecule has 27 heavy (non-hydrogen) atoms. The van der Waals surface area contributed by atoms with Gasteiger partial charge in [-0.3, -0.25) is 19.3 Å². The summed E-state index contributed by atoms with van der Waals surface area (Å²) in [6.45, 7) is 1.62. The van der Waals surface area contributed by atoms with Crippen molar-refractivity contribution in [3.8, 4) is 0 Å².